The number of amidine groups is 1. The first kappa shape index (κ1) is 21.3. The van der Waals surface area contributed by atoms with Crippen LogP contribution in [0, 0.1) is 0 Å². The van der Waals surface area contributed by atoms with E-state index >= 15 is 0 Å². The number of halogens is 2. The predicted octanol–water partition coefficient (Wildman–Crippen LogP) is 0.532. The van der Waals surface area contributed by atoms with Crippen LogP contribution >= 0.6 is 23.4 Å². The summed E-state index contributed by atoms with van der Waals surface area (Å²) in [6, 6.07) is 13.3. The standard InChI is InChI=1S/C20H22ClN2O3S.BrH/c1-25-17-9-4-14(12-18(17)26-2)20(24)13-22(16-7-5-15(21)6-8-16)19-23(20)10-3-11-27-19;/h4-9,12,24H,3,10-11,13H2,1-2H3;1H/q+1;/p-1. The van der Waals surface area contributed by atoms with Crippen molar-refractivity contribution < 1.29 is 36.1 Å². The number of rotatable bonds is 4. The Bertz CT molecular complexity index is 894. The van der Waals surface area contributed by atoms with Crippen molar-refractivity contribution in [1.82, 2.24) is 0 Å². The van der Waals surface area contributed by atoms with Gasteiger partial charge < -0.3 is 31.6 Å². The summed E-state index contributed by atoms with van der Waals surface area (Å²) < 4.78 is 12.9. The third-order valence-electron chi connectivity index (χ3n) is 5.03. The molecule has 0 spiro atoms. The molecule has 2 heterocycles. The fraction of sp³-hybridized carbons (Fsp3) is 0.350. The quantitative estimate of drug-likeness (QED) is 0.640. The Balaban J connectivity index is 0.00000225. The van der Waals surface area contributed by atoms with E-state index in [1.165, 1.54) is 0 Å². The Kier molecular flexibility index (Phi) is 6.49. The number of ether oxygens (including phenoxy) is 2. The third-order valence-corrected chi connectivity index (χ3v) is 6.47. The van der Waals surface area contributed by atoms with Crippen LogP contribution in [-0.4, -0.2) is 47.9 Å². The normalized spacial score (nSPS) is 21.2. The highest BCUT2D eigenvalue weighted by molar-refractivity contribution is 8.13. The molecule has 2 aliphatic rings. The van der Waals surface area contributed by atoms with Gasteiger partial charge in [-0.3, -0.25) is 0 Å². The number of benzene rings is 2. The zero-order valence-corrected chi connectivity index (χ0v) is 18.9. The molecule has 8 heteroatoms. The van der Waals surface area contributed by atoms with Crippen molar-refractivity contribution in [2.24, 2.45) is 0 Å². The van der Waals surface area contributed by atoms with E-state index < -0.39 is 5.72 Å². The summed E-state index contributed by atoms with van der Waals surface area (Å²) in [5.74, 6) is 2.30. The van der Waals surface area contributed by atoms with Crippen LogP contribution in [0.15, 0.2) is 42.5 Å². The summed E-state index contributed by atoms with van der Waals surface area (Å²) in [4.78, 5) is 2.16. The fourth-order valence-corrected chi connectivity index (χ4v) is 4.96. The van der Waals surface area contributed by atoms with Crippen LogP contribution in [0.3, 0.4) is 0 Å². The maximum absolute atomic E-state index is 11.8. The first-order valence-electron chi connectivity index (χ1n) is 8.82. The smallest absolute Gasteiger partial charge is 0.316 e. The molecule has 0 amide bonds. The van der Waals surface area contributed by atoms with Gasteiger partial charge in [-0.1, -0.05) is 11.6 Å². The summed E-state index contributed by atoms with van der Waals surface area (Å²) >= 11 is 7.83. The lowest BCUT2D eigenvalue weighted by Gasteiger charge is -2.25. The number of anilines is 1. The Morgan fingerprint density at radius 1 is 1.11 bits per heavy atom. The maximum atomic E-state index is 11.8. The molecule has 1 unspecified atom stereocenters. The van der Waals surface area contributed by atoms with E-state index in [9.17, 15) is 5.11 Å². The zero-order chi connectivity index (χ0) is 19.0. The minimum absolute atomic E-state index is 0. The van der Waals surface area contributed by atoms with Crippen LogP contribution in [0.1, 0.15) is 12.0 Å². The third kappa shape index (κ3) is 3.61. The molecule has 0 aromatic heterocycles. The van der Waals surface area contributed by atoms with Gasteiger partial charge in [0.05, 0.1) is 20.8 Å². The van der Waals surface area contributed by atoms with Crippen molar-refractivity contribution in [3.05, 3.63) is 53.1 Å². The SMILES string of the molecule is COc1ccc(C2(O)CN(c3ccc(Cl)cc3)C3=[N+]2CCCS3)cc1OC.[Br-]. The first-order chi connectivity index (χ1) is 13.1. The van der Waals surface area contributed by atoms with Crippen molar-refractivity contribution in [2.75, 3.05) is 38.0 Å². The first-order valence-corrected chi connectivity index (χ1v) is 10.2. The highest BCUT2D eigenvalue weighted by Crippen LogP contribution is 2.40. The Labute approximate surface area is 184 Å². The molecule has 2 aromatic rings. The summed E-state index contributed by atoms with van der Waals surface area (Å²) in [7, 11) is 3.21. The van der Waals surface area contributed by atoms with Crippen molar-refractivity contribution in [3.8, 4) is 11.5 Å². The van der Waals surface area contributed by atoms with Gasteiger partial charge >= 0.3 is 5.17 Å². The van der Waals surface area contributed by atoms with Crippen LogP contribution < -0.4 is 31.4 Å². The number of hydrogen-bond acceptors (Lipinski definition) is 5. The van der Waals surface area contributed by atoms with Crippen LogP contribution in [0.4, 0.5) is 5.69 Å². The summed E-state index contributed by atoms with van der Waals surface area (Å²) in [6.45, 7) is 1.24. The average Bonchev–Trinajstić information content (AvgIpc) is 3.02. The van der Waals surface area contributed by atoms with Crippen LogP contribution in [0.5, 0.6) is 11.5 Å². The maximum Gasteiger partial charge on any atom is 0.316 e. The number of methoxy groups -OCH3 is 2. The number of hydrogen-bond donors (Lipinski definition) is 1. The monoisotopic (exact) mass is 484 g/mol. The molecule has 28 heavy (non-hydrogen) atoms. The lowest BCUT2D eigenvalue weighted by molar-refractivity contribution is -0.656. The average molecular weight is 486 g/mol. The number of thioether (sulfide) groups is 1. The number of aliphatic hydroxyl groups is 1. The Morgan fingerprint density at radius 3 is 2.50 bits per heavy atom. The predicted molar refractivity (Wildman–Crippen MR) is 109 cm³/mol. The van der Waals surface area contributed by atoms with E-state index in [4.69, 9.17) is 21.1 Å². The van der Waals surface area contributed by atoms with Gasteiger partial charge in [-0.05, 0) is 60.6 Å². The second-order valence-corrected chi connectivity index (χ2v) is 8.08. The van der Waals surface area contributed by atoms with Gasteiger partial charge in [-0.2, -0.15) is 0 Å². The van der Waals surface area contributed by atoms with Gasteiger partial charge in [-0.25, -0.2) is 9.48 Å². The lowest BCUT2D eigenvalue weighted by Crippen LogP contribution is -3.00. The van der Waals surface area contributed by atoms with E-state index in [1.807, 2.05) is 42.5 Å². The van der Waals surface area contributed by atoms with Crippen LogP contribution in [0.2, 0.25) is 5.02 Å². The summed E-state index contributed by atoms with van der Waals surface area (Å²) in [6.07, 6.45) is 1.03. The lowest BCUT2D eigenvalue weighted by atomic mass is 10.0. The molecule has 0 fully saturated rings. The molecule has 1 atom stereocenters. The molecule has 0 bridgehead atoms. The van der Waals surface area contributed by atoms with Crippen LogP contribution in [-0.2, 0) is 5.72 Å². The van der Waals surface area contributed by atoms with Crippen molar-refractivity contribution >= 4 is 34.2 Å². The second-order valence-electron chi connectivity index (χ2n) is 6.59. The molecule has 0 radical (unpaired) electrons. The van der Waals surface area contributed by atoms with E-state index in [0.29, 0.717) is 23.1 Å². The minimum atomic E-state index is -1.14. The molecule has 5 nitrogen and oxygen atoms in total. The highest BCUT2D eigenvalue weighted by Gasteiger charge is 2.53. The van der Waals surface area contributed by atoms with Crippen molar-refractivity contribution in [1.29, 1.82) is 0 Å². The van der Waals surface area contributed by atoms with Crippen molar-refractivity contribution in [2.45, 2.75) is 12.1 Å². The molecule has 0 saturated heterocycles. The van der Waals surface area contributed by atoms with E-state index in [1.54, 1.807) is 26.0 Å². The molecule has 1 N–H and O–H groups in total. The molecule has 0 aliphatic carbocycles. The van der Waals surface area contributed by atoms with E-state index in [0.717, 1.165) is 35.1 Å². The molecule has 0 saturated carbocycles. The minimum Gasteiger partial charge on any atom is -1.00 e. The largest absolute Gasteiger partial charge is 1.00 e. The van der Waals surface area contributed by atoms with Gasteiger partial charge in [0.1, 0.15) is 5.69 Å². The Hall–Kier alpha value is -1.41. The van der Waals surface area contributed by atoms with Gasteiger partial charge in [-0.15, -0.1) is 0 Å². The number of nitrogens with zero attached hydrogens (tertiary/aromatic N) is 2. The molecular weight excluding hydrogens is 464 g/mol. The fourth-order valence-electron chi connectivity index (χ4n) is 3.66. The molecule has 2 aromatic carbocycles. The van der Waals surface area contributed by atoms with Gasteiger partial charge in [0, 0.05) is 16.3 Å². The number of β-amino-alcohol motifs (C(OH)–C–C–N with tert-alkyl or cyclic N) is 1. The zero-order valence-electron chi connectivity index (χ0n) is 15.7. The van der Waals surface area contributed by atoms with E-state index in [-0.39, 0.29) is 17.0 Å². The summed E-state index contributed by atoms with van der Waals surface area (Å²) in [5.41, 5.74) is 0.670. The second kappa shape index (κ2) is 8.53. The topological polar surface area (TPSA) is 44.9 Å². The molecular formula is C20H22BrClN2O3S. The van der Waals surface area contributed by atoms with Crippen LogP contribution in [0.25, 0.3) is 0 Å². The van der Waals surface area contributed by atoms with Gasteiger partial charge in [0.15, 0.2) is 18.0 Å². The molecule has 4 rings (SSSR count). The molecule has 2 aliphatic heterocycles. The van der Waals surface area contributed by atoms with Gasteiger partial charge in [0.25, 0.3) is 5.72 Å². The summed E-state index contributed by atoms with van der Waals surface area (Å²) in [5, 5.41) is 13.5. The highest BCUT2D eigenvalue weighted by atomic mass is 79.9. The molecule has 150 valence electrons. The Morgan fingerprint density at radius 2 is 1.82 bits per heavy atom. The van der Waals surface area contributed by atoms with Crippen molar-refractivity contribution in [3.63, 3.8) is 0 Å². The van der Waals surface area contributed by atoms with Gasteiger partial charge in [0.2, 0.25) is 0 Å². The van der Waals surface area contributed by atoms with E-state index in [2.05, 4.69) is 9.48 Å².